The summed E-state index contributed by atoms with van der Waals surface area (Å²) in [4.78, 5) is 13.1. The van der Waals surface area contributed by atoms with Crippen molar-refractivity contribution in [3.63, 3.8) is 0 Å². The van der Waals surface area contributed by atoms with Gasteiger partial charge < -0.3 is 19.5 Å². The molecule has 0 radical (unpaired) electrons. The summed E-state index contributed by atoms with van der Waals surface area (Å²) in [6.45, 7) is 6.13. The number of ether oxygens (including phenoxy) is 2. The Morgan fingerprint density at radius 2 is 2.18 bits per heavy atom. The fourth-order valence-corrected chi connectivity index (χ4v) is 1.65. The van der Waals surface area contributed by atoms with Gasteiger partial charge in [-0.2, -0.15) is 0 Å². The van der Waals surface area contributed by atoms with Crippen LogP contribution < -0.4 is 0 Å². The maximum Gasteiger partial charge on any atom is 0.354 e. The second kappa shape index (κ2) is 5.51. The lowest BCUT2D eigenvalue weighted by atomic mass is 10.1. The van der Waals surface area contributed by atoms with E-state index < -0.39 is 18.0 Å². The number of carbonyl (C=O) groups is 1. The quantitative estimate of drug-likeness (QED) is 0.597. The Bertz CT molecular complexity index is 306. The van der Waals surface area contributed by atoms with Crippen LogP contribution in [0.3, 0.4) is 0 Å². The highest BCUT2D eigenvalue weighted by Gasteiger charge is 2.29. The monoisotopic (exact) mass is 243 g/mol. The number of aliphatic hydroxyl groups is 1. The summed E-state index contributed by atoms with van der Waals surface area (Å²) < 4.78 is 10.1. The number of methoxy groups -OCH3 is 1. The molecule has 1 unspecified atom stereocenters. The fourth-order valence-electron chi connectivity index (χ4n) is 1.65. The van der Waals surface area contributed by atoms with Crippen LogP contribution >= 0.6 is 0 Å². The molecule has 1 N–H and O–H groups in total. The van der Waals surface area contributed by atoms with Crippen LogP contribution in [-0.4, -0.2) is 41.6 Å². The summed E-state index contributed by atoms with van der Waals surface area (Å²) in [5.41, 5.74) is -0.103. The highest BCUT2D eigenvalue weighted by Crippen LogP contribution is 2.21. The number of hydrogen-bond acceptors (Lipinski definition) is 5. The molecule has 0 amide bonds. The van der Waals surface area contributed by atoms with Crippen LogP contribution in [0.1, 0.15) is 33.6 Å². The second-order valence-electron chi connectivity index (χ2n) is 4.97. The van der Waals surface area contributed by atoms with Crippen molar-refractivity contribution in [1.82, 2.24) is 4.90 Å². The number of esters is 1. The van der Waals surface area contributed by atoms with Crippen molar-refractivity contribution in [2.75, 3.05) is 13.7 Å². The van der Waals surface area contributed by atoms with Crippen molar-refractivity contribution in [2.45, 2.75) is 45.6 Å². The minimum Gasteiger partial charge on any atom is -0.464 e. The largest absolute Gasteiger partial charge is 0.464 e. The van der Waals surface area contributed by atoms with E-state index in [1.165, 1.54) is 12.0 Å². The lowest BCUT2D eigenvalue weighted by Crippen LogP contribution is -2.44. The van der Waals surface area contributed by atoms with Crippen molar-refractivity contribution in [1.29, 1.82) is 0 Å². The summed E-state index contributed by atoms with van der Waals surface area (Å²) in [5, 5.41) is 9.98. The van der Waals surface area contributed by atoms with Crippen LogP contribution in [-0.2, 0) is 14.3 Å². The fraction of sp³-hybridized carbons (Fsp3) is 0.750. The summed E-state index contributed by atoms with van der Waals surface area (Å²) >= 11 is 0. The lowest BCUT2D eigenvalue weighted by molar-refractivity contribution is -0.232. The van der Waals surface area contributed by atoms with Crippen LogP contribution in [0, 0.1) is 0 Å². The molecule has 0 spiro atoms. The standard InChI is InChI=1S/C12H21NO4/c1-12(2,3)17-11(15)13-8-6-5-7-9(13)10(14)16-4/h7,11,15H,5-6,8H2,1-4H3. The Labute approximate surface area is 102 Å². The first-order valence-corrected chi connectivity index (χ1v) is 5.76. The first kappa shape index (κ1) is 14.0. The zero-order valence-corrected chi connectivity index (χ0v) is 10.9. The zero-order chi connectivity index (χ0) is 13.1. The molecule has 5 heteroatoms. The van der Waals surface area contributed by atoms with Gasteiger partial charge in [-0.3, -0.25) is 0 Å². The average molecular weight is 243 g/mol. The Morgan fingerprint density at radius 1 is 1.53 bits per heavy atom. The van der Waals surface area contributed by atoms with Gasteiger partial charge in [0.05, 0.1) is 12.7 Å². The molecule has 98 valence electrons. The maximum absolute atomic E-state index is 11.5. The number of carbonyl (C=O) groups excluding carboxylic acids is 1. The SMILES string of the molecule is COC(=O)C1=CCCCN1C(O)OC(C)(C)C. The molecule has 0 saturated carbocycles. The molecule has 0 saturated heterocycles. The predicted octanol–water partition coefficient (Wildman–Crippen LogP) is 1.23. The molecule has 0 bridgehead atoms. The van der Waals surface area contributed by atoms with Crippen molar-refractivity contribution >= 4 is 5.97 Å². The third-order valence-corrected chi connectivity index (χ3v) is 2.37. The number of rotatable bonds is 3. The summed E-state index contributed by atoms with van der Waals surface area (Å²) in [6, 6.07) is 0. The first-order chi connectivity index (χ1) is 7.85. The third-order valence-electron chi connectivity index (χ3n) is 2.37. The molecule has 1 aliphatic heterocycles. The van der Waals surface area contributed by atoms with Crippen molar-refractivity contribution < 1.29 is 19.4 Å². The number of aliphatic hydroxyl groups excluding tert-OH is 1. The van der Waals surface area contributed by atoms with Gasteiger partial charge in [-0.1, -0.05) is 6.08 Å². The lowest BCUT2D eigenvalue weighted by Gasteiger charge is -2.36. The molecule has 17 heavy (non-hydrogen) atoms. The summed E-state index contributed by atoms with van der Waals surface area (Å²) in [7, 11) is 1.33. The van der Waals surface area contributed by atoms with Gasteiger partial charge in [0.1, 0.15) is 5.70 Å². The Kier molecular flexibility index (Phi) is 4.54. The van der Waals surface area contributed by atoms with Crippen LogP contribution in [0.4, 0.5) is 0 Å². The van der Waals surface area contributed by atoms with Crippen LogP contribution in [0.2, 0.25) is 0 Å². The highest BCUT2D eigenvalue weighted by molar-refractivity contribution is 5.87. The molecule has 0 aliphatic carbocycles. The summed E-state index contributed by atoms with van der Waals surface area (Å²) in [5.74, 6) is -0.443. The molecule has 0 aromatic carbocycles. The number of nitrogens with zero attached hydrogens (tertiary/aromatic N) is 1. The normalized spacial score (nSPS) is 18.6. The highest BCUT2D eigenvalue weighted by atomic mass is 16.6. The van der Waals surface area contributed by atoms with Gasteiger partial charge in [0.15, 0.2) is 0 Å². The van der Waals surface area contributed by atoms with E-state index in [0.29, 0.717) is 12.2 Å². The number of hydrogen-bond donors (Lipinski definition) is 1. The molecule has 1 heterocycles. The van der Waals surface area contributed by atoms with Crippen LogP contribution in [0.15, 0.2) is 11.8 Å². The van der Waals surface area contributed by atoms with Crippen molar-refractivity contribution in [3.05, 3.63) is 11.8 Å². The van der Waals surface area contributed by atoms with E-state index in [0.717, 1.165) is 12.8 Å². The zero-order valence-electron chi connectivity index (χ0n) is 10.9. The minimum absolute atomic E-state index is 0.371. The van der Waals surface area contributed by atoms with Crippen LogP contribution in [0.25, 0.3) is 0 Å². The van der Waals surface area contributed by atoms with Gasteiger partial charge in [-0.25, -0.2) is 4.79 Å². The first-order valence-electron chi connectivity index (χ1n) is 5.76. The molecule has 0 aromatic rings. The van der Waals surface area contributed by atoms with Gasteiger partial charge in [-0.15, -0.1) is 0 Å². The third kappa shape index (κ3) is 4.02. The van der Waals surface area contributed by atoms with Gasteiger partial charge in [0.25, 0.3) is 0 Å². The Balaban J connectivity index is 2.76. The smallest absolute Gasteiger partial charge is 0.354 e. The van der Waals surface area contributed by atoms with E-state index in [9.17, 15) is 9.90 Å². The molecule has 0 fully saturated rings. The maximum atomic E-state index is 11.5. The van der Waals surface area contributed by atoms with E-state index in [1.54, 1.807) is 6.08 Å². The topological polar surface area (TPSA) is 59.0 Å². The predicted molar refractivity (Wildman–Crippen MR) is 62.9 cm³/mol. The van der Waals surface area contributed by atoms with Gasteiger partial charge >= 0.3 is 5.97 Å². The minimum atomic E-state index is -1.12. The van der Waals surface area contributed by atoms with E-state index in [4.69, 9.17) is 4.74 Å². The Hall–Kier alpha value is -1.07. The van der Waals surface area contributed by atoms with Crippen molar-refractivity contribution in [3.8, 4) is 0 Å². The van der Waals surface area contributed by atoms with E-state index >= 15 is 0 Å². The Morgan fingerprint density at radius 3 is 2.71 bits per heavy atom. The molecular formula is C12H21NO4. The van der Waals surface area contributed by atoms with Gasteiger partial charge in [0, 0.05) is 6.54 Å². The van der Waals surface area contributed by atoms with Crippen LogP contribution in [0.5, 0.6) is 0 Å². The second-order valence-corrected chi connectivity index (χ2v) is 4.97. The molecule has 0 aromatic heterocycles. The molecule has 5 nitrogen and oxygen atoms in total. The molecule has 1 atom stereocenters. The molecule has 1 rings (SSSR count). The van der Waals surface area contributed by atoms with Gasteiger partial charge in [0.2, 0.25) is 6.41 Å². The van der Waals surface area contributed by atoms with E-state index in [2.05, 4.69) is 4.74 Å². The summed E-state index contributed by atoms with van der Waals surface area (Å²) in [6.07, 6.45) is 2.33. The van der Waals surface area contributed by atoms with Gasteiger partial charge in [-0.05, 0) is 33.6 Å². The molecule has 1 aliphatic rings. The number of allylic oxidation sites excluding steroid dienone is 1. The van der Waals surface area contributed by atoms with E-state index in [-0.39, 0.29) is 0 Å². The van der Waals surface area contributed by atoms with E-state index in [1.807, 2.05) is 20.8 Å². The van der Waals surface area contributed by atoms with Crippen molar-refractivity contribution in [2.24, 2.45) is 0 Å². The average Bonchev–Trinajstić information content (AvgIpc) is 2.25. The molecular weight excluding hydrogens is 222 g/mol.